The van der Waals surface area contributed by atoms with E-state index >= 15 is 0 Å². The number of benzene rings is 1. The summed E-state index contributed by atoms with van der Waals surface area (Å²) in [5, 5.41) is 9.89. The number of rotatable bonds is 4. The van der Waals surface area contributed by atoms with Gasteiger partial charge in [-0.25, -0.2) is 0 Å². The van der Waals surface area contributed by atoms with Crippen molar-refractivity contribution in [3.63, 3.8) is 0 Å². The van der Waals surface area contributed by atoms with Crippen LogP contribution in [0.3, 0.4) is 0 Å². The average Bonchev–Trinajstić information content (AvgIpc) is 2.65. The highest BCUT2D eigenvalue weighted by Gasteiger charge is 2.31. The molecule has 0 heterocycles. The van der Waals surface area contributed by atoms with Gasteiger partial charge in [0.1, 0.15) is 0 Å². The summed E-state index contributed by atoms with van der Waals surface area (Å²) in [5.41, 5.74) is 2.66. The molecule has 0 atom stereocenters. The minimum Gasteiger partial charge on any atom is -0.396 e. The van der Waals surface area contributed by atoms with Crippen LogP contribution >= 0.6 is 0 Å². The number of anilines is 1. The summed E-state index contributed by atoms with van der Waals surface area (Å²) < 4.78 is 0. The summed E-state index contributed by atoms with van der Waals surface area (Å²) in [4.78, 5) is 2.31. The molecule has 1 aromatic rings. The molecule has 0 bridgehead atoms. The van der Waals surface area contributed by atoms with E-state index in [2.05, 4.69) is 43.1 Å². The lowest BCUT2D eigenvalue weighted by Crippen LogP contribution is -2.38. The Bertz CT molecular complexity index is 394. The fraction of sp³-hybridized carbons (Fsp3) is 0.647. The largest absolute Gasteiger partial charge is 0.396 e. The molecule has 0 radical (unpaired) electrons. The van der Waals surface area contributed by atoms with E-state index in [0.717, 1.165) is 6.54 Å². The van der Waals surface area contributed by atoms with Crippen molar-refractivity contribution < 1.29 is 5.11 Å². The second-order valence-electron chi connectivity index (χ2n) is 6.27. The second-order valence-corrected chi connectivity index (χ2v) is 6.27. The third-order valence-corrected chi connectivity index (χ3v) is 4.51. The summed E-state index contributed by atoms with van der Waals surface area (Å²) in [6.07, 6.45) is 7.52. The first-order valence-electron chi connectivity index (χ1n) is 7.54. The van der Waals surface area contributed by atoms with E-state index in [1.165, 1.54) is 49.8 Å². The van der Waals surface area contributed by atoms with Gasteiger partial charge in [-0.15, -0.1) is 0 Å². The highest BCUT2D eigenvalue weighted by atomic mass is 16.3. The topological polar surface area (TPSA) is 23.5 Å². The van der Waals surface area contributed by atoms with Crippen LogP contribution in [0.25, 0.3) is 0 Å². The van der Waals surface area contributed by atoms with Gasteiger partial charge in [0.05, 0.1) is 6.61 Å². The first kappa shape index (κ1) is 14.4. The summed E-state index contributed by atoms with van der Waals surface area (Å²) in [6.45, 7) is 3.42. The van der Waals surface area contributed by atoms with Crippen LogP contribution in [0.5, 0.6) is 0 Å². The van der Waals surface area contributed by atoms with E-state index in [1.54, 1.807) is 0 Å². The Morgan fingerprint density at radius 1 is 1.16 bits per heavy atom. The van der Waals surface area contributed by atoms with E-state index in [1.807, 2.05) is 0 Å². The normalized spacial score (nSPS) is 18.9. The van der Waals surface area contributed by atoms with Crippen molar-refractivity contribution in [2.45, 2.75) is 45.4 Å². The van der Waals surface area contributed by atoms with Crippen molar-refractivity contribution in [1.82, 2.24) is 0 Å². The van der Waals surface area contributed by atoms with Gasteiger partial charge in [-0.1, -0.05) is 37.8 Å². The van der Waals surface area contributed by atoms with E-state index in [-0.39, 0.29) is 5.41 Å². The van der Waals surface area contributed by atoms with E-state index in [0.29, 0.717) is 6.61 Å². The summed E-state index contributed by atoms with van der Waals surface area (Å²) in [5.74, 6) is 0. The zero-order valence-corrected chi connectivity index (χ0v) is 12.4. The molecule has 2 rings (SSSR count). The van der Waals surface area contributed by atoms with Crippen LogP contribution in [-0.4, -0.2) is 25.3 Å². The molecule has 0 aromatic heterocycles. The van der Waals surface area contributed by atoms with Gasteiger partial charge in [0.15, 0.2) is 0 Å². The smallest absolute Gasteiger partial charge is 0.0504 e. The van der Waals surface area contributed by atoms with Gasteiger partial charge < -0.3 is 10.0 Å². The predicted octanol–water partition coefficient (Wildman–Crippen LogP) is 3.76. The van der Waals surface area contributed by atoms with Crippen molar-refractivity contribution in [2.75, 3.05) is 25.1 Å². The first-order chi connectivity index (χ1) is 9.15. The minimum absolute atomic E-state index is 0.106. The highest BCUT2D eigenvalue weighted by Crippen LogP contribution is 2.36. The third-order valence-electron chi connectivity index (χ3n) is 4.51. The number of nitrogens with zero attached hydrogens (tertiary/aromatic N) is 1. The van der Waals surface area contributed by atoms with Crippen molar-refractivity contribution in [3.05, 3.63) is 29.8 Å². The maximum Gasteiger partial charge on any atom is 0.0504 e. The van der Waals surface area contributed by atoms with Gasteiger partial charge in [-0.3, -0.25) is 0 Å². The van der Waals surface area contributed by atoms with Gasteiger partial charge in [-0.2, -0.15) is 0 Å². The average molecular weight is 261 g/mol. The minimum atomic E-state index is 0.106. The van der Waals surface area contributed by atoms with Gasteiger partial charge in [-0.05, 0) is 37.5 Å². The van der Waals surface area contributed by atoms with E-state index in [9.17, 15) is 5.11 Å². The molecule has 2 nitrogen and oxygen atoms in total. The van der Waals surface area contributed by atoms with Gasteiger partial charge >= 0.3 is 0 Å². The number of aliphatic hydroxyl groups excluding tert-OH is 1. The van der Waals surface area contributed by atoms with Crippen LogP contribution in [0, 0.1) is 12.3 Å². The second kappa shape index (κ2) is 6.42. The first-order valence-corrected chi connectivity index (χ1v) is 7.54. The fourth-order valence-electron chi connectivity index (χ4n) is 3.30. The maximum absolute atomic E-state index is 9.89. The molecule has 1 aliphatic rings. The van der Waals surface area contributed by atoms with E-state index in [4.69, 9.17) is 0 Å². The third kappa shape index (κ3) is 3.73. The van der Waals surface area contributed by atoms with Gasteiger partial charge in [0, 0.05) is 24.7 Å². The Morgan fingerprint density at radius 3 is 2.42 bits per heavy atom. The Hall–Kier alpha value is -1.02. The van der Waals surface area contributed by atoms with Gasteiger partial charge in [0.25, 0.3) is 0 Å². The Labute approximate surface area is 117 Å². The van der Waals surface area contributed by atoms with Crippen LogP contribution in [-0.2, 0) is 0 Å². The Morgan fingerprint density at radius 2 is 1.84 bits per heavy atom. The molecular weight excluding hydrogens is 234 g/mol. The van der Waals surface area contributed by atoms with Crippen molar-refractivity contribution in [1.29, 1.82) is 0 Å². The van der Waals surface area contributed by atoms with Crippen molar-refractivity contribution >= 4 is 5.69 Å². The molecule has 0 aliphatic heterocycles. The highest BCUT2D eigenvalue weighted by molar-refractivity contribution is 5.47. The molecule has 19 heavy (non-hydrogen) atoms. The molecule has 1 aliphatic carbocycles. The van der Waals surface area contributed by atoms with Crippen LogP contribution in [0.4, 0.5) is 5.69 Å². The summed E-state index contributed by atoms with van der Waals surface area (Å²) >= 11 is 0. The monoisotopic (exact) mass is 261 g/mol. The molecule has 1 saturated carbocycles. The summed E-state index contributed by atoms with van der Waals surface area (Å²) in [6, 6.07) is 8.63. The van der Waals surface area contributed by atoms with Crippen molar-refractivity contribution in [3.8, 4) is 0 Å². The van der Waals surface area contributed by atoms with Gasteiger partial charge in [0.2, 0.25) is 0 Å². The molecule has 2 heteroatoms. The predicted molar refractivity (Wildman–Crippen MR) is 81.7 cm³/mol. The van der Waals surface area contributed by atoms with E-state index < -0.39 is 0 Å². The molecule has 1 aromatic carbocycles. The number of hydrogen-bond donors (Lipinski definition) is 1. The SMILES string of the molecule is Cc1cccc(N(C)CC2(CO)CCCCCC2)c1. The van der Waals surface area contributed by atoms with Crippen molar-refractivity contribution in [2.24, 2.45) is 5.41 Å². The van der Waals surface area contributed by atoms with Crippen LogP contribution in [0.1, 0.15) is 44.1 Å². The lowest BCUT2D eigenvalue weighted by molar-refractivity contribution is 0.113. The zero-order chi connectivity index (χ0) is 13.7. The number of hydrogen-bond acceptors (Lipinski definition) is 2. The molecule has 1 fully saturated rings. The summed E-state index contributed by atoms with van der Waals surface area (Å²) in [7, 11) is 2.15. The standard InChI is InChI=1S/C17H27NO/c1-15-8-7-9-16(12-15)18(2)13-17(14-19)10-5-3-4-6-11-17/h7-9,12,19H,3-6,10-11,13-14H2,1-2H3. The molecule has 106 valence electrons. The lowest BCUT2D eigenvalue weighted by atomic mass is 9.80. The molecule has 0 spiro atoms. The molecule has 0 unspecified atom stereocenters. The van der Waals surface area contributed by atoms with Crippen LogP contribution in [0.15, 0.2) is 24.3 Å². The number of aryl methyl sites for hydroxylation is 1. The molecular formula is C17H27NO. The Kier molecular flexibility index (Phi) is 4.87. The molecule has 0 saturated heterocycles. The fourth-order valence-corrected chi connectivity index (χ4v) is 3.30. The Balaban J connectivity index is 2.08. The maximum atomic E-state index is 9.89. The molecule has 0 amide bonds. The van der Waals surface area contributed by atoms with Crippen LogP contribution < -0.4 is 4.90 Å². The quantitative estimate of drug-likeness (QED) is 0.834. The zero-order valence-electron chi connectivity index (χ0n) is 12.4. The lowest BCUT2D eigenvalue weighted by Gasteiger charge is -2.36. The molecule has 1 N–H and O–H groups in total. The van der Waals surface area contributed by atoms with Crippen LogP contribution in [0.2, 0.25) is 0 Å². The number of aliphatic hydroxyl groups is 1.